The Bertz CT molecular complexity index is 778. The number of rotatable bonds is 3. The van der Waals surface area contributed by atoms with E-state index in [1.54, 1.807) is 7.11 Å². The number of likely N-dealkylation sites (tertiary alicyclic amines) is 1. The number of benzene rings is 2. The van der Waals surface area contributed by atoms with Gasteiger partial charge in [0, 0.05) is 31.6 Å². The molecule has 0 radical (unpaired) electrons. The van der Waals surface area contributed by atoms with E-state index in [1.807, 2.05) is 6.92 Å². The van der Waals surface area contributed by atoms with Crippen molar-refractivity contribution in [3.8, 4) is 5.75 Å². The van der Waals surface area contributed by atoms with Gasteiger partial charge in [0.25, 0.3) is 0 Å². The van der Waals surface area contributed by atoms with Crippen LogP contribution in [0.2, 0.25) is 0 Å². The van der Waals surface area contributed by atoms with E-state index in [0.717, 1.165) is 51.1 Å². The fourth-order valence-corrected chi connectivity index (χ4v) is 4.65. The molecule has 1 unspecified atom stereocenters. The Morgan fingerprint density at radius 1 is 1.12 bits per heavy atom. The third-order valence-corrected chi connectivity index (χ3v) is 6.12. The van der Waals surface area contributed by atoms with Crippen molar-refractivity contribution in [3.05, 3.63) is 42.0 Å². The molecule has 4 rings (SSSR count). The molecule has 0 aromatic heterocycles. The molecular weight excluding hydrogens is 326 g/mol. The molecule has 1 atom stereocenters. The molecule has 2 heterocycles. The average Bonchev–Trinajstić information content (AvgIpc) is 2.63. The van der Waals surface area contributed by atoms with Crippen LogP contribution in [0.25, 0.3) is 10.8 Å². The van der Waals surface area contributed by atoms with Gasteiger partial charge in [-0.15, -0.1) is 0 Å². The highest BCUT2D eigenvalue weighted by Gasteiger charge is 2.44. The standard InChI is InChI=1S/C22H29NO3/c1-21(24)11-14-26-22(16-21)9-12-23(13-10-22)15-19-18-6-4-3-5-17(18)7-8-20(19)25-2/h3-8,24H,9-16H2,1-2H3. The minimum absolute atomic E-state index is 0.138. The zero-order valence-corrected chi connectivity index (χ0v) is 15.8. The summed E-state index contributed by atoms with van der Waals surface area (Å²) in [6, 6.07) is 12.7. The molecule has 0 amide bonds. The Morgan fingerprint density at radius 2 is 1.88 bits per heavy atom. The van der Waals surface area contributed by atoms with Gasteiger partial charge >= 0.3 is 0 Å². The largest absolute Gasteiger partial charge is 0.496 e. The number of ether oxygens (including phenoxy) is 2. The predicted molar refractivity (Wildman–Crippen MR) is 104 cm³/mol. The van der Waals surface area contributed by atoms with Crippen LogP contribution in [-0.4, -0.2) is 48.0 Å². The summed E-state index contributed by atoms with van der Waals surface area (Å²) in [6.07, 6.45) is 3.46. The van der Waals surface area contributed by atoms with E-state index in [9.17, 15) is 5.11 Å². The smallest absolute Gasteiger partial charge is 0.123 e. The summed E-state index contributed by atoms with van der Waals surface area (Å²) in [4.78, 5) is 2.49. The Hall–Kier alpha value is -1.62. The number of piperidine rings is 1. The maximum absolute atomic E-state index is 10.5. The van der Waals surface area contributed by atoms with E-state index in [4.69, 9.17) is 9.47 Å². The van der Waals surface area contributed by atoms with Gasteiger partial charge < -0.3 is 14.6 Å². The number of hydrogen-bond acceptors (Lipinski definition) is 4. The Morgan fingerprint density at radius 3 is 2.62 bits per heavy atom. The van der Waals surface area contributed by atoms with Crippen molar-refractivity contribution in [1.29, 1.82) is 0 Å². The summed E-state index contributed by atoms with van der Waals surface area (Å²) in [7, 11) is 1.75. The number of nitrogens with zero attached hydrogens (tertiary/aromatic N) is 1. The van der Waals surface area contributed by atoms with E-state index < -0.39 is 5.60 Å². The molecule has 2 saturated heterocycles. The highest BCUT2D eigenvalue weighted by atomic mass is 16.5. The molecule has 4 nitrogen and oxygen atoms in total. The molecule has 140 valence electrons. The van der Waals surface area contributed by atoms with Crippen molar-refractivity contribution < 1.29 is 14.6 Å². The van der Waals surface area contributed by atoms with Gasteiger partial charge in [-0.25, -0.2) is 0 Å². The van der Waals surface area contributed by atoms with E-state index >= 15 is 0 Å². The van der Waals surface area contributed by atoms with E-state index in [2.05, 4.69) is 41.3 Å². The molecule has 2 aromatic carbocycles. The zero-order valence-electron chi connectivity index (χ0n) is 15.8. The number of hydrogen-bond donors (Lipinski definition) is 1. The van der Waals surface area contributed by atoms with Gasteiger partial charge in [0.1, 0.15) is 5.75 Å². The van der Waals surface area contributed by atoms with Gasteiger partial charge in [-0.3, -0.25) is 4.90 Å². The third kappa shape index (κ3) is 3.46. The van der Waals surface area contributed by atoms with Crippen LogP contribution in [-0.2, 0) is 11.3 Å². The minimum Gasteiger partial charge on any atom is -0.496 e. The Kier molecular flexibility index (Phi) is 4.68. The summed E-state index contributed by atoms with van der Waals surface area (Å²) in [5, 5.41) is 13.0. The van der Waals surface area contributed by atoms with Gasteiger partial charge in [-0.2, -0.15) is 0 Å². The van der Waals surface area contributed by atoms with E-state index in [1.165, 1.54) is 16.3 Å². The van der Waals surface area contributed by atoms with Crippen LogP contribution in [0.5, 0.6) is 5.75 Å². The fraction of sp³-hybridized carbons (Fsp3) is 0.545. The third-order valence-electron chi connectivity index (χ3n) is 6.12. The van der Waals surface area contributed by atoms with Crippen LogP contribution in [0.15, 0.2) is 36.4 Å². The lowest BCUT2D eigenvalue weighted by atomic mass is 9.78. The summed E-state index contributed by atoms with van der Waals surface area (Å²) in [5.74, 6) is 0.959. The number of methoxy groups -OCH3 is 1. The van der Waals surface area contributed by atoms with Crippen LogP contribution in [0.1, 0.15) is 38.2 Å². The highest BCUT2D eigenvalue weighted by molar-refractivity contribution is 5.87. The van der Waals surface area contributed by atoms with Crippen molar-refractivity contribution in [3.63, 3.8) is 0 Å². The molecule has 2 aliphatic heterocycles. The fourth-order valence-electron chi connectivity index (χ4n) is 4.65. The number of fused-ring (bicyclic) bond motifs is 1. The Balaban J connectivity index is 1.51. The molecule has 4 heteroatoms. The number of aliphatic hydroxyl groups is 1. The molecule has 0 bridgehead atoms. The van der Waals surface area contributed by atoms with Crippen LogP contribution < -0.4 is 4.74 Å². The first-order valence-corrected chi connectivity index (χ1v) is 9.64. The molecule has 2 aromatic rings. The van der Waals surface area contributed by atoms with Gasteiger partial charge in [-0.05, 0) is 43.0 Å². The van der Waals surface area contributed by atoms with Crippen LogP contribution in [0.3, 0.4) is 0 Å². The summed E-state index contributed by atoms with van der Waals surface area (Å²) >= 11 is 0. The van der Waals surface area contributed by atoms with Crippen molar-refractivity contribution >= 4 is 10.8 Å². The Labute approximate surface area is 155 Å². The SMILES string of the molecule is COc1ccc2ccccc2c1CN1CCC2(CC1)CC(C)(O)CCO2. The van der Waals surface area contributed by atoms with Crippen LogP contribution in [0.4, 0.5) is 0 Å². The van der Waals surface area contributed by atoms with Crippen molar-refractivity contribution in [2.24, 2.45) is 0 Å². The first kappa shape index (κ1) is 17.8. The van der Waals surface area contributed by atoms with E-state index in [-0.39, 0.29) is 5.60 Å². The maximum Gasteiger partial charge on any atom is 0.123 e. The maximum atomic E-state index is 10.5. The summed E-state index contributed by atoms with van der Waals surface area (Å²) in [6.45, 7) is 5.48. The molecule has 0 saturated carbocycles. The quantitative estimate of drug-likeness (QED) is 0.911. The molecule has 1 N–H and O–H groups in total. The first-order chi connectivity index (χ1) is 12.5. The highest BCUT2D eigenvalue weighted by Crippen LogP contribution is 2.40. The molecular formula is C22H29NO3. The minimum atomic E-state index is -0.584. The summed E-state index contributed by atoms with van der Waals surface area (Å²) < 4.78 is 11.8. The van der Waals surface area contributed by atoms with Crippen molar-refractivity contribution in [2.45, 2.75) is 50.4 Å². The molecule has 0 aliphatic carbocycles. The molecule has 1 spiro atoms. The average molecular weight is 355 g/mol. The topological polar surface area (TPSA) is 41.9 Å². The second kappa shape index (κ2) is 6.84. The molecule has 2 aliphatic rings. The van der Waals surface area contributed by atoms with Gasteiger partial charge in [0.2, 0.25) is 0 Å². The predicted octanol–water partition coefficient (Wildman–Crippen LogP) is 3.74. The lowest BCUT2D eigenvalue weighted by molar-refractivity contribution is -0.173. The lowest BCUT2D eigenvalue weighted by Gasteiger charge is -2.48. The van der Waals surface area contributed by atoms with Crippen molar-refractivity contribution in [1.82, 2.24) is 4.90 Å². The van der Waals surface area contributed by atoms with Crippen LogP contribution in [0, 0.1) is 0 Å². The van der Waals surface area contributed by atoms with Crippen LogP contribution >= 0.6 is 0 Å². The first-order valence-electron chi connectivity index (χ1n) is 9.64. The molecule has 26 heavy (non-hydrogen) atoms. The second-order valence-corrected chi connectivity index (χ2v) is 8.20. The zero-order chi connectivity index (χ0) is 18.2. The lowest BCUT2D eigenvalue weighted by Crippen LogP contribution is -2.53. The molecule has 2 fully saturated rings. The van der Waals surface area contributed by atoms with Gasteiger partial charge in [0.05, 0.1) is 24.9 Å². The normalized spacial score (nSPS) is 26.3. The second-order valence-electron chi connectivity index (χ2n) is 8.20. The van der Waals surface area contributed by atoms with E-state index in [0.29, 0.717) is 6.61 Å². The monoisotopic (exact) mass is 355 g/mol. The van der Waals surface area contributed by atoms with Gasteiger partial charge in [-0.1, -0.05) is 30.3 Å². The van der Waals surface area contributed by atoms with Gasteiger partial charge in [0.15, 0.2) is 0 Å². The summed E-state index contributed by atoms with van der Waals surface area (Å²) in [5.41, 5.74) is 0.540. The van der Waals surface area contributed by atoms with Crippen molar-refractivity contribution in [2.75, 3.05) is 26.8 Å².